The molecule has 9 nitrogen and oxygen atoms in total. The first kappa shape index (κ1) is 23.8. The predicted molar refractivity (Wildman–Crippen MR) is 99.4 cm³/mol. The van der Waals surface area contributed by atoms with E-state index < -0.39 is 42.8 Å². The molecular formula is C17H32N2O7P+. The number of nitrogens with two attached hydrogens (primary N) is 1. The van der Waals surface area contributed by atoms with Gasteiger partial charge in [0.2, 0.25) is 7.37 Å². The molecule has 0 radical (unpaired) electrons. The first-order valence-corrected chi connectivity index (χ1v) is 11.4. The molecule has 0 aliphatic carbocycles. The smallest absolute Gasteiger partial charge is 0.438 e. The maximum Gasteiger partial charge on any atom is 0.521 e. The molecule has 1 heterocycles. The molecule has 2 unspecified atom stereocenters. The number of carbonyl (C=O) groups excluding carboxylic acids is 2. The molecule has 3 atom stereocenters. The summed E-state index contributed by atoms with van der Waals surface area (Å²) >= 11 is 0. The van der Waals surface area contributed by atoms with Gasteiger partial charge in [0, 0.05) is 25.9 Å². The normalized spacial score (nSPS) is 24.3. The van der Waals surface area contributed by atoms with Crippen molar-refractivity contribution >= 4 is 25.3 Å². The lowest BCUT2D eigenvalue weighted by Gasteiger charge is -2.30. The van der Waals surface area contributed by atoms with Crippen LogP contribution in [0.5, 0.6) is 0 Å². The van der Waals surface area contributed by atoms with E-state index in [1.54, 1.807) is 6.92 Å². The second kappa shape index (κ2) is 10.9. The second-order valence-corrected chi connectivity index (χ2v) is 9.69. The summed E-state index contributed by atoms with van der Waals surface area (Å²) in [6.45, 7) is 3.18. The summed E-state index contributed by atoms with van der Waals surface area (Å²) < 4.78 is 22.5. The van der Waals surface area contributed by atoms with Gasteiger partial charge in [-0.05, 0) is 26.3 Å². The molecular weight excluding hydrogens is 375 g/mol. The Morgan fingerprint density at radius 3 is 2.41 bits per heavy atom. The molecule has 1 aliphatic rings. The number of unbranched alkanes of at least 4 members (excludes halogenated alkanes) is 3. The number of quaternary nitrogens is 1. The molecule has 3 N–H and O–H groups in total. The summed E-state index contributed by atoms with van der Waals surface area (Å²) in [5, 5.41) is 9.66. The van der Waals surface area contributed by atoms with Crippen LogP contribution in [0.25, 0.3) is 0 Å². The molecule has 1 aliphatic heterocycles. The van der Waals surface area contributed by atoms with Crippen LogP contribution in [0.3, 0.4) is 0 Å². The van der Waals surface area contributed by atoms with Crippen LogP contribution in [-0.4, -0.2) is 65.8 Å². The van der Waals surface area contributed by atoms with Crippen LogP contribution < -0.4 is 5.73 Å². The van der Waals surface area contributed by atoms with Gasteiger partial charge in [-0.2, -0.15) is 9.28 Å². The molecule has 156 valence electrons. The number of carbonyl (C=O) groups is 3. The SMILES string of the molecule is CC(=O)OCOP(=O)(CCCCCCN)CC(=O)[N+]1(C(=O)O)CCC[C@H]1C. The Morgan fingerprint density at radius 2 is 1.89 bits per heavy atom. The van der Waals surface area contributed by atoms with E-state index in [2.05, 4.69) is 0 Å². The van der Waals surface area contributed by atoms with Crippen LogP contribution in [0.15, 0.2) is 0 Å². The number of nitrogens with zero attached hydrogens (tertiary/aromatic N) is 1. The summed E-state index contributed by atoms with van der Waals surface area (Å²) in [4.78, 5) is 35.6. The number of carboxylic acid groups (broad SMARTS) is 1. The third-order valence-electron chi connectivity index (χ3n) is 5.05. The average Bonchev–Trinajstić information content (AvgIpc) is 2.97. The van der Waals surface area contributed by atoms with Crippen molar-refractivity contribution in [1.82, 2.24) is 0 Å². The van der Waals surface area contributed by atoms with E-state index in [1.807, 2.05) is 0 Å². The Kier molecular flexibility index (Phi) is 9.59. The molecule has 0 aromatic rings. The van der Waals surface area contributed by atoms with Crippen LogP contribution in [0.2, 0.25) is 0 Å². The minimum Gasteiger partial charge on any atom is -0.438 e. The molecule has 10 heteroatoms. The minimum absolute atomic E-state index is 0.137. The van der Waals surface area contributed by atoms with Gasteiger partial charge in [-0.15, -0.1) is 0 Å². The van der Waals surface area contributed by atoms with Gasteiger partial charge < -0.3 is 15.6 Å². The number of amides is 2. The fourth-order valence-electron chi connectivity index (χ4n) is 3.42. The quantitative estimate of drug-likeness (QED) is 0.175. The van der Waals surface area contributed by atoms with Crippen LogP contribution in [0, 0.1) is 0 Å². The van der Waals surface area contributed by atoms with Crippen molar-refractivity contribution in [3.05, 3.63) is 0 Å². The van der Waals surface area contributed by atoms with E-state index in [-0.39, 0.29) is 18.7 Å². The van der Waals surface area contributed by atoms with E-state index in [0.717, 1.165) is 19.3 Å². The summed E-state index contributed by atoms with van der Waals surface area (Å²) in [5.41, 5.74) is 5.45. The number of hydrogen-bond acceptors (Lipinski definition) is 7. The molecule has 0 bridgehead atoms. The first-order valence-electron chi connectivity index (χ1n) is 9.38. The molecule has 2 amide bonds. The number of likely N-dealkylation sites (tertiary alicyclic amines) is 1. The van der Waals surface area contributed by atoms with Crippen molar-refractivity contribution in [3.63, 3.8) is 0 Å². The number of ether oxygens (including phenoxy) is 1. The lowest BCUT2D eigenvalue weighted by molar-refractivity contribution is -0.791. The second-order valence-electron chi connectivity index (χ2n) is 7.04. The zero-order valence-electron chi connectivity index (χ0n) is 16.2. The molecule has 0 aromatic carbocycles. The average molecular weight is 407 g/mol. The highest BCUT2D eigenvalue weighted by molar-refractivity contribution is 7.59. The van der Waals surface area contributed by atoms with Crippen LogP contribution in [-0.2, 0) is 23.4 Å². The largest absolute Gasteiger partial charge is 0.521 e. The molecule has 0 spiro atoms. The minimum atomic E-state index is -3.48. The number of rotatable bonds is 11. The van der Waals surface area contributed by atoms with Gasteiger partial charge in [0.15, 0.2) is 6.79 Å². The molecule has 1 saturated heterocycles. The van der Waals surface area contributed by atoms with Crippen molar-refractivity contribution in [2.24, 2.45) is 5.73 Å². The van der Waals surface area contributed by atoms with Gasteiger partial charge >= 0.3 is 18.0 Å². The van der Waals surface area contributed by atoms with Gasteiger partial charge in [0.05, 0.1) is 6.54 Å². The highest BCUT2D eigenvalue weighted by Crippen LogP contribution is 2.49. The Hall–Kier alpha value is -1.28. The monoisotopic (exact) mass is 407 g/mol. The maximum atomic E-state index is 13.2. The van der Waals surface area contributed by atoms with Gasteiger partial charge in [0.25, 0.3) is 0 Å². The lowest BCUT2D eigenvalue weighted by Crippen LogP contribution is -2.59. The van der Waals surface area contributed by atoms with Crippen molar-refractivity contribution in [2.45, 2.75) is 58.4 Å². The van der Waals surface area contributed by atoms with Crippen LogP contribution in [0.1, 0.15) is 52.4 Å². The Bertz CT molecular complexity index is 584. The summed E-state index contributed by atoms with van der Waals surface area (Å²) in [7, 11) is -3.48. The number of imide groups is 1. The van der Waals surface area contributed by atoms with Crippen molar-refractivity contribution in [2.75, 3.05) is 32.2 Å². The summed E-state index contributed by atoms with van der Waals surface area (Å²) in [6.07, 6.45) is 2.76. The first-order chi connectivity index (χ1) is 12.7. The number of esters is 1. The van der Waals surface area contributed by atoms with Crippen LogP contribution in [0.4, 0.5) is 4.79 Å². The van der Waals surface area contributed by atoms with Gasteiger partial charge in [-0.25, -0.2) is 4.79 Å². The molecule has 1 fully saturated rings. The van der Waals surface area contributed by atoms with E-state index in [4.69, 9.17) is 15.0 Å². The van der Waals surface area contributed by atoms with Crippen molar-refractivity contribution in [1.29, 1.82) is 0 Å². The van der Waals surface area contributed by atoms with E-state index in [0.29, 0.717) is 25.8 Å². The molecule has 0 saturated carbocycles. The van der Waals surface area contributed by atoms with Crippen molar-refractivity contribution < 1.29 is 37.8 Å². The topological polar surface area (TPSA) is 133 Å². The highest BCUT2D eigenvalue weighted by Gasteiger charge is 2.54. The van der Waals surface area contributed by atoms with E-state index >= 15 is 0 Å². The zero-order chi connectivity index (χ0) is 20.5. The molecule has 27 heavy (non-hydrogen) atoms. The Balaban J connectivity index is 2.84. The van der Waals surface area contributed by atoms with E-state index in [9.17, 15) is 24.1 Å². The fourth-order valence-corrected chi connectivity index (χ4v) is 5.41. The summed E-state index contributed by atoms with van der Waals surface area (Å²) in [5.74, 6) is -1.20. The fraction of sp³-hybridized carbons (Fsp3) is 0.824. The lowest BCUT2D eigenvalue weighted by atomic mass is 10.2. The third kappa shape index (κ3) is 6.68. The maximum absolute atomic E-state index is 13.2. The van der Waals surface area contributed by atoms with E-state index in [1.165, 1.54) is 6.92 Å². The van der Waals surface area contributed by atoms with Gasteiger partial charge in [0.1, 0.15) is 12.2 Å². The van der Waals surface area contributed by atoms with Gasteiger partial charge in [-0.3, -0.25) is 13.9 Å². The summed E-state index contributed by atoms with van der Waals surface area (Å²) in [6, 6.07) is -0.374. The molecule has 0 aromatic heterocycles. The van der Waals surface area contributed by atoms with Crippen molar-refractivity contribution in [3.8, 4) is 0 Å². The third-order valence-corrected chi connectivity index (χ3v) is 7.38. The predicted octanol–water partition coefficient (Wildman–Crippen LogP) is 2.52. The van der Waals surface area contributed by atoms with Crippen LogP contribution >= 0.6 is 7.37 Å². The highest BCUT2D eigenvalue weighted by atomic mass is 31.2. The van der Waals surface area contributed by atoms with Gasteiger partial charge in [-0.1, -0.05) is 12.8 Å². The Labute approximate surface area is 160 Å². The standard InChI is InChI=1S/C17H31N2O7P/c1-14-8-7-10-19(14,17(22)23)16(21)12-27(24,26-13-25-15(2)20)11-6-4-3-5-9-18/h14H,3-13,18H2,1-2H3/p+1/t14-,19?,27?/m1/s1. The number of hydrogen-bond donors (Lipinski definition) is 2. The zero-order valence-corrected chi connectivity index (χ0v) is 17.1. The Morgan fingerprint density at radius 1 is 1.22 bits per heavy atom. The molecule has 1 rings (SSSR count).